The van der Waals surface area contributed by atoms with E-state index in [9.17, 15) is 27.8 Å². The molecule has 1 amide bonds. The van der Waals surface area contributed by atoms with Crippen molar-refractivity contribution < 1.29 is 45.7 Å². The second-order valence-corrected chi connectivity index (χ2v) is 11.3. The van der Waals surface area contributed by atoms with E-state index in [2.05, 4.69) is 4.98 Å². The number of nitrogens with zero attached hydrogens (tertiary/aromatic N) is 4. The van der Waals surface area contributed by atoms with E-state index in [0.29, 0.717) is 25.8 Å². The first-order chi connectivity index (χ1) is 29.5. The highest BCUT2D eigenvalue weighted by atomic mass is 32.2. The Morgan fingerprint density at radius 2 is 1.71 bits per heavy atom. The van der Waals surface area contributed by atoms with Crippen LogP contribution in [0.15, 0.2) is 76.5 Å². The number of rotatable bonds is 13. The number of halogens is 4. The normalized spacial score (nSPS) is 19.5. The average Bonchev–Trinajstić information content (AvgIpc) is 3.64. The summed E-state index contributed by atoms with van der Waals surface area (Å²) in [6.07, 6.45) is -4.68. The van der Waals surface area contributed by atoms with Gasteiger partial charge in [0, 0.05) is 44.7 Å². The van der Waals surface area contributed by atoms with Gasteiger partial charge < -0.3 is 14.4 Å². The van der Waals surface area contributed by atoms with Crippen LogP contribution in [0.25, 0.3) is 11.1 Å². The summed E-state index contributed by atoms with van der Waals surface area (Å²) in [6, 6.07) is -4.51. The zero-order valence-electron chi connectivity index (χ0n) is 42.9. The zero-order chi connectivity index (χ0) is 49.5. The fourth-order valence-corrected chi connectivity index (χ4v) is 5.66. The number of amides is 1. The van der Waals surface area contributed by atoms with E-state index in [-0.39, 0.29) is 44.8 Å². The molecule has 5 rings (SSSR count). The minimum Gasteiger partial charge on any atom is -0.336 e. The first-order valence-corrected chi connectivity index (χ1v) is 15.4. The van der Waals surface area contributed by atoms with Crippen LogP contribution in [-0.2, 0) is 42.6 Å². The molecule has 254 valence electrons. The first kappa shape index (κ1) is 19.3. The molecule has 1 aliphatic carbocycles. The molecule has 0 aliphatic heterocycles. The lowest BCUT2D eigenvalue weighted by atomic mass is 9.98. The van der Waals surface area contributed by atoms with Gasteiger partial charge in [-0.2, -0.15) is 18.2 Å². The number of carbonyl (C=O) groups excluding carboxylic acids is 1. The van der Waals surface area contributed by atoms with Gasteiger partial charge in [-0.1, -0.05) is 68.0 Å². The van der Waals surface area contributed by atoms with Crippen molar-refractivity contribution in [2.45, 2.75) is 70.2 Å². The van der Waals surface area contributed by atoms with Gasteiger partial charge in [-0.3, -0.25) is 9.59 Å². The number of likely N-dealkylation sites (N-methyl/N-ethyl adjacent to an activating group) is 1. The van der Waals surface area contributed by atoms with Gasteiger partial charge in [0.05, 0.1) is 20.6 Å². The Labute approximate surface area is 306 Å². The van der Waals surface area contributed by atoms with Gasteiger partial charge in [-0.25, -0.2) is 4.39 Å². The number of thioether (sulfide) groups is 1. The van der Waals surface area contributed by atoms with Crippen LogP contribution < -0.4 is 5.56 Å². The van der Waals surface area contributed by atoms with Crippen LogP contribution in [0.1, 0.15) is 77.1 Å². The minimum atomic E-state index is -5.39. The molecule has 0 fully saturated rings. The van der Waals surface area contributed by atoms with Crippen molar-refractivity contribution >= 4 is 17.7 Å². The summed E-state index contributed by atoms with van der Waals surface area (Å²) in [7, 11) is 0. The molecule has 0 bridgehead atoms. The average molecular weight is 698 g/mol. The summed E-state index contributed by atoms with van der Waals surface area (Å²) in [5.41, 5.74) is -5.77. The predicted octanol–water partition coefficient (Wildman–Crippen LogP) is 7.53. The smallest absolute Gasteiger partial charge is 0.336 e. The quantitative estimate of drug-likeness (QED) is 0.0822. The van der Waals surface area contributed by atoms with E-state index in [1.165, 1.54) is 24.3 Å². The molecular weight excluding hydrogens is 640 g/mol. The lowest BCUT2D eigenvalue weighted by Crippen LogP contribution is -2.40. The van der Waals surface area contributed by atoms with Gasteiger partial charge in [0.2, 0.25) is 5.91 Å². The lowest BCUT2D eigenvalue weighted by Gasteiger charge is -2.28. The topological polar surface area (TPSA) is 58.4 Å². The minimum absolute atomic E-state index is 0.0223. The fourth-order valence-electron chi connectivity index (χ4n) is 4.70. The zero-order valence-corrected chi connectivity index (χ0v) is 26.7. The van der Waals surface area contributed by atoms with E-state index < -0.39 is 133 Å². The van der Waals surface area contributed by atoms with Crippen LogP contribution in [0.4, 0.5) is 17.6 Å². The highest BCUT2D eigenvalue weighted by Gasteiger charge is 2.30. The Morgan fingerprint density at radius 3 is 2.38 bits per heavy atom. The number of carbonyl (C=O) groups is 1. The number of fused-ring (bicyclic) bond motifs is 1. The highest BCUT2D eigenvalue weighted by molar-refractivity contribution is 7.98. The van der Waals surface area contributed by atoms with Crippen LogP contribution in [0.2, 0.25) is 0 Å². The molecule has 1 heterocycles. The second kappa shape index (κ2) is 15.5. The van der Waals surface area contributed by atoms with Crippen molar-refractivity contribution in [3.63, 3.8) is 0 Å². The third-order valence-corrected chi connectivity index (χ3v) is 8.18. The highest BCUT2D eigenvalue weighted by Crippen LogP contribution is 2.32. The Kier molecular flexibility index (Phi) is 6.23. The third kappa shape index (κ3) is 8.54. The summed E-state index contributed by atoms with van der Waals surface area (Å²) >= 11 is 0.873. The molecule has 0 N–H and O–H groups in total. The summed E-state index contributed by atoms with van der Waals surface area (Å²) in [6.45, 7) is -17.3. The molecule has 48 heavy (non-hydrogen) atoms. The van der Waals surface area contributed by atoms with Crippen LogP contribution >= 0.6 is 11.8 Å². The van der Waals surface area contributed by atoms with E-state index in [1.807, 2.05) is 0 Å². The van der Waals surface area contributed by atoms with Gasteiger partial charge in [-0.05, 0) is 91.2 Å². The summed E-state index contributed by atoms with van der Waals surface area (Å²) in [4.78, 5) is 31.7. The third-order valence-electron chi connectivity index (χ3n) is 7.13. The van der Waals surface area contributed by atoms with Gasteiger partial charge in [0.1, 0.15) is 12.4 Å². The van der Waals surface area contributed by atoms with Crippen LogP contribution in [0.3, 0.4) is 0 Å². The molecule has 0 unspecified atom stereocenters. The van der Waals surface area contributed by atoms with Crippen molar-refractivity contribution in [2.24, 2.45) is 0 Å². The number of alkyl halides is 3. The van der Waals surface area contributed by atoms with E-state index >= 15 is 4.79 Å². The lowest BCUT2D eigenvalue weighted by molar-refractivity contribution is -0.137. The largest absolute Gasteiger partial charge is 0.416 e. The van der Waals surface area contributed by atoms with Crippen molar-refractivity contribution in [3.8, 4) is 11.1 Å². The number of aromatic nitrogens is 2. The van der Waals surface area contributed by atoms with Gasteiger partial charge in [-0.15, -0.1) is 0 Å². The second-order valence-electron chi connectivity index (χ2n) is 10.3. The van der Waals surface area contributed by atoms with Crippen LogP contribution in [0, 0.1) is 12.7 Å². The number of hydrogen-bond acceptors (Lipinski definition) is 5. The maximum atomic E-state index is 15.0. The monoisotopic (exact) mass is 697 g/mol. The molecule has 0 saturated heterocycles. The summed E-state index contributed by atoms with van der Waals surface area (Å²) in [5, 5.41) is -0.172. The Bertz CT molecular complexity index is 2550. The van der Waals surface area contributed by atoms with Crippen LogP contribution in [0.5, 0.6) is 0 Å². The molecule has 0 radical (unpaired) electrons. The van der Waals surface area contributed by atoms with Gasteiger partial charge >= 0.3 is 6.18 Å². The standard InChI is InChI=1S/C37H40F4N4O2S/c1-4-43(5-2)19-20-44(22-29-12-11-28(21-25(29)3)27-13-15-30(16-14-27)37(39,40)41)34(46)23-45-33-8-6-7-32(33)35(47)42-36(45)48-24-26-9-17-31(38)18-10-26/h9-18,21H,4-8,19-20,22-24H2,1-3H3/i4D2,5D2,11D,12D,13D,14D,15D,16D,19D2,20D2,21D,22D2. The number of hydrogen-bond donors (Lipinski definition) is 0. The predicted molar refractivity (Wildman–Crippen MR) is 181 cm³/mol. The van der Waals surface area contributed by atoms with Crippen LogP contribution in [-0.4, -0.2) is 51.2 Å². The van der Waals surface area contributed by atoms with E-state index in [1.54, 1.807) is 0 Å². The molecule has 1 aliphatic rings. The van der Waals surface area contributed by atoms with Gasteiger partial charge in [0.15, 0.2) is 5.16 Å². The molecule has 3 aromatic carbocycles. The Balaban J connectivity index is 1.80. The summed E-state index contributed by atoms with van der Waals surface area (Å²) in [5.74, 6) is -2.22. The molecule has 4 aromatic rings. The van der Waals surface area contributed by atoms with Gasteiger partial charge in [0.25, 0.3) is 5.56 Å². The number of benzene rings is 3. The molecule has 0 spiro atoms. The van der Waals surface area contributed by atoms with Crippen molar-refractivity contribution in [2.75, 3.05) is 26.0 Å². The van der Waals surface area contributed by atoms with E-state index in [4.69, 9.17) is 17.8 Å². The maximum absolute atomic E-state index is 15.0. The summed E-state index contributed by atoms with van der Waals surface area (Å²) < 4.78 is 205. The molecular formula is C37H40F4N4O2S. The first-order valence-electron chi connectivity index (χ1n) is 22.9. The molecule has 0 saturated carbocycles. The molecule has 6 nitrogen and oxygen atoms in total. The Morgan fingerprint density at radius 1 is 1.02 bits per heavy atom. The molecule has 0 atom stereocenters. The van der Waals surface area contributed by atoms with E-state index in [0.717, 1.165) is 23.3 Å². The molecule has 11 heteroatoms. The SMILES string of the molecule is [2H]c1c([2H])c(C(F)(F)F)c([2H])c([2H])c1-c1c([2H])c([2H])c(C([2H])([2H])N(C(=O)Cn2c(SCc3ccc(F)cc3)nc(=O)c3c2CCC3)C([2H])([2H])C([2H])([2H])N(C([2H])([2H])C)C([2H])([2H])C)c(C)c1[2H]. The van der Waals surface area contributed by atoms with Crippen molar-refractivity contribution in [1.82, 2.24) is 19.4 Å². The fraction of sp³-hybridized carbons (Fsp3) is 0.378. The Hall–Kier alpha value is -3.96. The van der Waals surface area contributed by atoms with Crippen molar-refractivity contribution in [1.29, 1.82) is 0 Å². The molecule has 1 aromatic heterocycles. The van der Waals surface area contributed by atoms with Crippen molar-refractivity contribution in [3.05, 3.63) is 116 Å². The maximum Gasteiger partial charge on any atom is 0.416 e.